The fourth-order valence-corrected chi connectivity index (χ4v) is 4.02. The van der Waals surface area contributed by atoms with Gasteiger partial charge in [0, 0.05) is 22.4 Å². The molecule has 0 aliphatic heterocycles. The summed E-state index contributed by atoms with van der Waals surface area (Å²) in [6, 6.07) is 12.2. The van der Waals surface area contributed by atoms with Gasteiger partial charge in [0.25, 0.3) is 0 Å². The summed E-state index contributed by atoms with van der Waals surface area (Å²) in [5.41, 5.74) is 2.34. The SMILES string of the molecule is CCOC(=O)c1ccc(NC(=O)CSc2nccnc2-c2ccccc2Cl)c(Br)c1. The van der Waals surface area contributed by atoms with Gasteiger partial charge in [0.2, 0.25) is 5.91 Å². The smallest absolute Gasteiger partial charge is 0.338 e. The van der Waals surface area contributed by atoms with Crippen molar-refractivity contribution in [2.75, 3.05) is 17.7 Å². The number of rotatable bonds is 7. The molecule has 0 atom stereocenters. The minimum Gasteiger partial charge on any atom is -0.462 e. The summed E-state index contributed by atoms with van der Waals surface area (Å²) in [7, 11) is 0. The first kappa shape index (κ1) is 22.3. The predicted molar refractivity (Wildman–Crippen MR) is 122 cm³/mol. The molecular formula is C21H17BrClN3O3S. The molecule has 1 N–H and O–H groups in total. The van der Waals surface area contributed by atoms with Gasteiger partial charge in [-0.15, -0.1) is 0 Å². The van der Waals surface area contributed by atoms with E-state index in [9.17, 15) is 9.59 Å². The molecule has 9 heteroatoms. The van der Waals surface area contributed by atoms with Gasteiger partial charge in [-0.3, -0.25) is 9.78 Å². The van der Waals surface area contributed by atoms with Crippen molar-refractivity contribution in [3.63, 3.8) is 0 Å². The van der Waals surface area contributed by atoms with Crippen molar-refractivity contribution in [3.05, 3.63) is 69.9 Å². The van der Waals surface area contributed by atoms with Gasteiger partial charge in [-0.05, 0) is 47.1 Å². The molecule has 0 spiro atoms. The second kappa shape index (κ2) is 10.6. The Morgan fingerprint density at radius 2 is 1.93 bits per heavy atom. The van der Waals surface area contributed by atoms with E-state index in [2.05, 4.69) is 31.2 Å². The Morgan fingerprint density at radius 1 is 1.17 bits per heavy atom. The van der Waals surface area contributed by atoms with Crippen LogP contribution in [0.1, 0.15) is 17.3 Å². The topological polar surface area (TPSA) is 81.2 Å². The summed E-state index contributed by atoms with van der Waals surface area (Å²) in [6.07, 6.45) is 3.16. The van der Waals surface area contributed by atoms with Crippen LogP contribution in [-0.2, 0) is 9.53 Å². The molecular weight excluding hydrogens is 490 g/mol. The number of amides is 1. The molecule has 0 bridgehead atoms. The number of ether oxygens (including phenoxy) is 1. The van der Waals surface area contributed by atoms with E-state index in [0.717, 1.165) is 5.56 Å². The zero-order valence-electron chi connectivity index (χ0n) is 15.9. The molecule has 30 heavy (non-hydrogen) atoms. The van der Waals surface area contributed by atoms with Crippen LogP contribution in [0, 0.1) is 0 Å². The molecule has 6 nitrogen and oxygen atoms in total. The van der Waals surface area contributed by atoms with E-state index >= 15 is 0 Å². The third kappa shape index (κ3) is 5.59. The molecule has 0 saturated heterocycles. The third-order valence-corrected chi connectivity index (χ3v) is 5.85. The Kier molecular flexibility index (Phi) is 7.84. The monoisotopic (exact) mass is 505 g/mol. The number of hydrogen-bond acceptors (Lipinski definition) is 6. The zero-order valence-corrected chi connectivity index (χ0v) is 19.1. The van der Waals surface area contributed by atoms with Crippen LogP contribution in [0.25, 0.3) is 11.3 Å². The van der Waals surface area contributed by atoms with Gasteiger partial charge in [-0.2, -0.15) is 0 Å². The van der Waals surface area contributed by atoms with Crippen LogP contribution in [-0.4, -0.2) is 34.2 Å². The Balaban J connectivity index is 1.68. The van der Waals surface area contributed by atoms with E-state index in [0.29, 0.717) is 38.1 Å². The first-order valence-electron chi connectivity index (χ1n) is 8.94. The van der Waals surface area contributed by atoms with Crippen LogP contribution in [0.2, 0.25) is 5.02 Å². The molecule has 1 aromatic heterocycles. The Bertz CT molecular complexity index is 1080. The molecule has 0 saturated carbocycles. The molecule has 0 aliphatic carbocycles. The van der Waals surface area contributed by atoms with Crippen molar-refractivity contribution in [3.8, 4) is 11.3 Å². The van der Waals surface area contributed by atoms with Crippen LogP contribution in [0.4, 0.5) is 5.69 Å². The number of carbonyl (C=O) groups is 2. The molecule has 154 valence electrons. The quantitative estimate of drug-likeness (QED) is 0.338. The van der Waals surface area contributed by atoms with Gasteiger partial charge < -0.3 is 10.1 Å². The lowest BCUT2D eigenvalue weighted by Crippen LogP contribution is -2.15. The first-order chi connectivity index (χ1) is 14.5. The van der Waals surface area contributed by atoms with Crippen LogP contribution in [0.15, 0.2) is 64.4 Å². The first-order valence-corrected chi connectivity index (χ1v) is 11.1. The molecule has 1 amide bonds. The number of carbonyl (C=O) groups excluding carboxylic acids is 2. The average Bonchev–Trinajstić information content (AvgIpc) is 2.74. The third-order valence-electron chi connectivity index (χ3n) is 3.89. The van der Waals surface area contributed by atoms with Crippen molar-refractivity contribution >= 4 is 56.9 Å². The van der Waals surface area contributed by atoms with Crippen molar-refractivity contribution in [1.29, 1.82) is 0 Å². The summed E-state index contributed by atoms with van der Waals surface area (Å²) < 4.78 is 5.56. The largest absolute Gasteiger partial charge is 0.462 e. The highest BCUT2D eigenvalue weighted by Crippen LogP contribution is 2.32. The summed E-state index contributed by atoms with van der Waals surface area (Å²) in [6.45, 7) is 2.04. The molecule has 0 radical (unpaired) electrons. The van der Waals surface area contributed by atoms with Crippen LogP contribution < -0.4 is 5.32 Å². The Morgan fingerprint density at radius 3 is 2.67 bits per heavy atom. The molecule has 2 aromatic carbocycles. The number of nitrogens with one attached hydrogen (secondary N) is 1. The zero-order chi connectivity index (χ0) is 21.5. The summed E-state index contributed by atoms with van der Waals surface area (Å²) in [4.78, 5) is 33.0. The van der Waals surface area contributed by atoms with Crippen LogP contribution in [0.3, 0.4) is 0 Å². The van der Waals surface area contributed by atoms with Crippen molar-refractivity contribution < 1.29 is 14.3 Å². The van der Waals surface area contributed by atoms with Crippen LogP contribution in [0.5, 0.6) is 0 Å². The van der Waals surface area contributed by atoms with Gasteiger partial charge in [0.05, 0.1) is 28.6 Å². The molecule has 0 unspecified atom stereocenters. The minimum absolute atomic E-state index is 0.127. The van der Waals surface area contributed by atoms with Crippen LogP contribution >= 0.6 is 39.3 Å². The number of nitrogens with zero attached hydrogens (tertiary/aromatic N) is 2. The maximum absolute atomic E-state index is 12.5. The minimum atomic E-state index is -0.415. The number of hydrogen-bond donors (Lipinski definition) is 1. The highest BCUT2D eigenvalue weighted by molar-refractivity contribution is 9.10. The molecule has 3 rings (SSSR count). The Hall–Kier alpha value is -2.42. The van der Waals surface area contributed by atoms with E-state index in [1.807, 2.05) is 18.2 Å². The average molecular weight is 507 g/mol. The standard InChI is InChI=1S/C21H17BrClN3O3S/c1-2-29-21(28)13-7-8-17(15(22)11-13)26-18(27)12-30-20-19(24-9-10-25-20)14-5-3-4-6-16(14)23/h3-11H,2,12H2,1H3,(H,26,27). The van der Waals surface area contributed by atoms with E-state index in [-0.39, 0.29) is 11.7 Å². The van der Waals surface area contributed by atoms with E-state index < -0.39 is 5.97 Å². The Labute approximate surface area is 191 Å². The second-order valence-electron chi connectivity index (χ2n) is 5.94. The van der Waals surface area contributed by atoms with Gasteiger partial charge in [0.15, 0.2) is 0 Å². The maximum Gasteiger partial charge on any atom is 0.338 e. The molecule has 0 fully saturated rings. The van der Waals surface area contributed by atoms with Gasteiger partial charge in [-0.1, -0.05) is 41.6 Å². The summed E-state index contributed by atoms with van der Waals surface area (Å²) in [5, 5.41) is 3.99. The van der Waals surface area contributed by atoms with Crippen molar-refractivity contribution in [1.82, 2.24) is 9.97 Å². The highest BCUT2D eigenvalue weighted by atomic mass is 79.9. The number of thioether (sulfide) groups is 1. The molecule has 0 aliphatic rings. The lowest BCUT2D eigenvalue weighted by atomic mass is 10.2. The van der Waals surface area contributed by atoms with Gasteiger partial charge >= 0.3 is 5.97 Å². The molecule has 3 aromatic rings. The lowest BCUT2D eigenvalue weighted by Gasteiger charge is -2.10. The predicted octanol–water partition coefficient (Wildman–Crippen LogP) is 5.47. The number of anilines is 1. The number of aromatic nitrogens is 2. The number of esters is 1. The maximum atomic E-state index is 12.5. The number of benzene rings is 2. The molecule has 1 heterocycles. The second-order valence-corrected chi connectivity index (χ2v) is 8.17. The van der Waals surface area contributed by atoms with Gasteiger partial charge in [-0.25, -0.2) is 9.78 Å². The van der Waals surface area contributed by atoms with E-state index in [1.54, 1.807) is 43.6 Å². The fourth-order valence-electron chi connectivity index (χ4n) is 2.55. The van der Waals surface area contributed by atoms with Crippen molar-refractivity contribution in [2.45, 2.75) is 11.9 Å². The summed E-state index contributed by atoms with van der Waals surface area (Å²) >= 11 is 10.9. The number of halogens is 2. The highest BCUT2D eigenvalue weighted by Gasteiger charge is 2.15. The van der Waals surface area contributed by atoms with E-state index in [1.165, 1.54) is 11.8 Å². The lowest BCUT2D eigenvalue weighted by molar-refractivity contribution is -0.113. The van der Waals surface area contributed by atoms with Crippen molar-refractivity contribution in [2.24, 2.45) is 0 Å². The summed E-state index contributed by atoms with van der Waals surface area (Å²) in [5.74, 6) is -0.510. The normalized spacial score (nSPS) is 10.5. The fraction of sp³-hybridized carbons (Fsp3) is 0.143. The van der Waals surface area contributed by atoms with Gasteiger partial charge in [0.1, 0.15) is 10.7 Å². The van der Waals surface area contributed by atoms with E-state index in [4.69, 9.17) is 16.3 Å².